The fourth-order valence-corrected chi connectivity index (χ4v) is 1.62. The van der Waals surface area contributed by atoms with E-state index in [0.29, 0.717) is 18.5 Å². The van der Waals surface area contributed by atoms with E-state index < -0.39 is 5.97 Å². The number of aromatic carboxylic acids is 1. The van der Waals surface area contributed by atoms with Gasteiger partial charge in [0.1, 0.15) is 6.61 Å². The Bertz CT molecular complexity index is 477. The number of carbonyl (C=O) groups excluding carboxylic acids is 1. The lowest BCUT2D eigenvalue weighted by molar-refractivity contribution is -0.130. The lowest BCUT2D eigenvalue weighted by Gasteiger charge is -2.19. The molecule has 0 unspecified atom stereocenters. The summed E-state index contributed by atoms with van der Waals surface area (Å²) in [6, 6.07) is 6.78. The normalized spacial score (nSPS) is 11.2. The molecule has 0 radical (unpaired) electrons. The van der Waals surface area contributed by atoms with Gasteiger partial charge in [0.25, 0.3) is 0 Å². The maximum atomic E-state index is 11.5. The smallest absolute Gasteiger partial charge is 0.335 e. The van der Waals surface area contributed by atoms with Gasteiger partial charge in [-0.1, -0.05) is 18.2 Å². The maximum absolute atomic E-state index is 11.5. The fraction of sp³-hybridized carbons (Fsp3) is 0.467. The molecular formula is C15H21NO4. The van der Waals surface area contributed by atoms with Crippen molar-refractivity contribution in [3.8, 4) is 0 Å². The molecule has 0 saturated carbocycles. The molecule has 0 atom stereocenters. The summed E-state index contributed by atoms with van der Waals surface area (Å²) in [5.74, 6) is -1.16. The van der Waals surface area contributed by atoms with E-state index >= 15 is 0 Å². The van der Waals surface area contributed by atoms with Crippen LogP contribution in [0.4, 0.5) is 0 Å². The highest BCUT2D eigenvalue weighted by Gasteiger charge is 2.13. The van der Waals surface area contributed by atoms with Crippen molar-refractivity contribution in [1.82, 2.24) is 5.32 Å². The number of rotatable bonds is 6. The predicted octanol–water partition coefficient (Wildman–Crippen LogP) is 1.86. The Morgan fingerprint density at radius 3 is 2.50 bits per heavy atom. The Morgan fingerprint density at radius 2 is 1.90 bits per heavy atom. The minimum atomic E-state index is -0.956. The van der Waals surface area contributed by atoms with Crippen molar-refractivity contribution in [2.45, 2.75) is 32.8 Å². The number of nitrogens with one attached hydrogen (secondary N) is 1. The third kappa shape index (κ3) is 5.84. The minimum absolute atomic E-state index is 0.00405. The monoisotopic (exact) mass is 279 g/mol. The van der Waals surface area contributed by atoms with Crippen LogP contribution < -0.4 is 5.32 Å². The van der Waals surface area contributed by atoms with Gasteiger partial charge in [0, 0.05) is 6.54 Å². The zero-order chi connectivity index (χ0) is 15.2. The molecule has 0 spiro atoms. The number of hydrogen-bond acceptors (Lipinski definition) is 3. The van der Waals surface area contributed by atoms with Gasteiger partial charge in [-0.3, -0.25) is 4.79 Å². The molecule has 0 aliphatic carbocycles. The molecule has 20 heavy (non-hydrogen) atoms. The minimum Gasteiger partial charge on any atom is -0.478 e. The van der Waals surface area contributed by atoms with Crippen LogP contribution in [0, 0.1) is 0 Å². The molecule has 0 aliphatic heterocycles. The number of carboxylic acids is 1. The molecule has 1 aromatic carbocycles. The van der Waals surface area contributed by atoms with Gasteiger partial charge in [-0.15, -0.1) is 0 Å². The number of carbonyl (C=O) groups is 2. The molecule has 110 valence electrons. The zero-order valence-electron chi connectivity index (χ0n) is 12.1. The molecule has 0 saturated heterocycles. The van der Waals surface area contributed by atoms with Crippen LogP contribution in [0.1, 0.15) is 36.7 Å². The SMILES string of the molecule is CC(C)(C)OCC(=O)NCCc1ccccc1C(=O)O. The topological polar surface area (TPSA) is 75.6 Å². The molecule has 0 heterocycles. The number of ether oxygens (including phenoxy) is 1. The van der Waals surface area contributed by atoms with Crippen molar-refractivity contribution in [2.24, 2.45) is 0 Å². The van der Waals surface area contributed by atoms with Gasteiger partial charge in [0.15, 0.2) is 0 Å². The van der Waals surface area contributed by atoms with E-state index in [1.165, 1.54) is 0 Å². The van der Waals surface area contributed by atoms with E-state index in [4.69, 9.17) is 9.84 Å². The molecule has 2 N–H and O–H groups in total. The number of hydrogen-bond donors (Lipinski definition) is 2. The molecule has 1 rings (SSSR count). The average molecular weight is 279 g/mol. The van der Waals surface area contributed by atoms with Crippen molar-refractivity contribution in [3.63, 3.8) is 0 Å². The van der Waals surface area contributed by atoms with Crippen molar-refractivity contribution in [3.05, 3.63) is 35.4 Å². The Balaban J connectivity index is 2.41. The van der Waals surface area contributed by atoms with E-state index in [-0.39, 0.29) is 23.7 Å². The molecule has 1 amide bonds. The van der Waals surface area contributed by atoms with Crippen LogP contribution in [0.25, 0.3) is 0 Å². The Morgan fingerprint density at radius 1 is 1.25 bits per heavy atom. The van der Waals surface area contributed by atoms with Crippen LogP contribution >= 0.6 is 0 Å². The summed E-state index contributed by atoms with van der Waals surface area (Å²) in [6.45, 7) is 6.02. The summed E-state index contributed by atoms with van der Waals surface area (Å²) in [6.07, 6.45) is 0.476. The molecule has 0 fully saturated rings. The van der Waals surface area contributed by atoms with Crippen molar-refractivity contribution in [2.75, 3.05) is 13.2 Å². The summed E-state index contributed by atoms with van der Waals surface area (Å²) in [5.41, 5.74) is 0.623. The first kappa shape index (κ1) is 16.2. The molecule has 0 aromatic heterocycles. The Hall–Kier alpha value is -1.88. The standard InChI is InChI=1S/C15H21NO4/c1-15(2,3)20-10-13(17)16-9-8-11-6-4-5-7-12(11)14(18)19/h4-7H,8-10H2,1-3H3,(H,16,17)(H,18,19). The second-order valence-electron chi connectivity index (χ2n) is 5.46. The Kier molecular flexibility index (Phi) is 5.70. The van der Waals surface area contributed by atoms with E-state index in [1.54, 1.807) is 24.3 Å². The summed E-state index contributed by atoms with van der Waals surface area (Å²) < 4.78 is 5.35. The third-order valence-electron chi connectivity index (χ3n) is 2.60. The van der Waals surface area contributed by atoms with Crippen LogP contribution in [0.5, 0.6) is 0 Å². The maximum Gasteiger partial charge on any atom is 0.335 e. The van der Waals surface area contributed by atoms with E-state index in [1.807, 2.05) is 20.8 Å². The Labute approximate surface area is 118 Å². The summed E-state index contributed by atoms with van der Waals surface area (Å²) >= 11 is 0. The first-order valence-electron chi connectivity index (χ1n) is 6.51. The second-order valence-corrected chi connectivity index (χ2v) is 5.46. The summed E-state index contributed by atoms with van der Waals surface area (Å²) in [7, 11) is 0. The summed E-state index contributed by atoms with van der Waals surface area (Å²) in [5, 5.41) is 11.8. The number of amides is 1. The highest BCUT2D eigenvalue weighted by molar-refractivity contribution is 5.89. The average Bonchev–Trinajstić information content (AvgIpc) is 2.36. The van der Waals surface area contributed by atoms with Crippen LogP contribution in [-0.2, 0) is 16.0 Å². The third-order valence-corrected chi connectivity index (χ3v) is 2.60. The predicted molar refractivity (Wildman–Crippen MR) is 75.8 cm³/mol. The van der Waals surface area contributed by atoms with Crippen LogP contribution in [-0.4, -0.2) is 35.7 Å². The first-order valence-corrected chi connectivity index (χ1v) is 6.51. The lowest BCUT2D eigenvalue weighted by Crippen LogP contribution is -2.33. The van der Waals surface area contributed by atoms with Crippen molar-refractivity contribution in [1.29, 1.82) is 0 Å². The fourth-order valence-electron chi connectivity index (χ4n) is 1.62. The van der Waals surface area contributed by atoms with E-state index in [2.05, 4.69) is 5.32 Å². The largest absolute Gasteiger partial charge is 0.478 e. The van der Waals surface area contributed by atoms with E-state index in [0.717, 1.165) is 0 Å². The van der Waals surface area contributed by atoms with Crippen molar-refractivity contribution < 1.29 is 19.4 Å². The van der Waals surface area contributed by atoms with Gasteiger partial charge in [-0.25, -0.2) is 4.79 Å². The van der Waals surface area contributed by atoms with Gasteiger partial charge < -0.3 is 15.2 Å². The highest BCUT2D eigenvalue weighted by atomic mass is 16.5. The van der Waals surface area contributed by atoms with Gasteiger partial charge in [0.05, 0.1) is 11.2 Å². The summed E-state index contributed by atoms with van der Waals surface area (Å²) in [4.78, 5) is 22.6. The van der Waals surface area contributed by atoms with Crippen molar-refractivity contribution >= 4 is 11.9 Å². The zero-order valence-corrected chi connectivity index (χ0v) is 12.1. The molecule has 0 aliphatic rings. The van der Waals surface area contributed by atoms with Gasteiger partial charge in [-0.05, 0) is 38.8 Å². The second kappa shape index (κ2) is 7.05. The number of benzene rings is 1. The lowest BCUT2D eigenvalue weighted by atomic mass is 10.0. The molecule has 5 heteroatoms. The number of carboxylic acid groups (broad SMARTS) is 1. The van der Waals surface area contributed by atoms with Gasteiger partial charge in [-0.2, -0.15) is 0 Å². The first-order chi connectivity index (χ1) is 9.29. The van der Waals surface area contributed by atoms with Crippen LogP contribution in [0.2, 0.25) is 0 Å². The van der Waals surface area contributed by atoms with Crippen LogP contribution in [0.3, 0.4) is 0 Å². The molecular weight excluding hydrogens is 258 g/mol. The van der Waals surface area contributed by atoms with Gasteiger partial charge >= 0.3 is 5.97 Å². The van der Waals surface area contributed by atoms with Crippen LogP contribution in [0.15, 0.2) is 24.3 Å². The quantitative estimate of drug-likeness (QED) is 0.833. The molecule has 5 nitrogen and oxygen atoms in total. The van der Waals surface area contributed by atoms with E-state index in [9.17, 15) is 9.59 Å². The molecule has 0 bridgehead atoms. The van der Waals surface area contributed by atoms with Gasteiger partial charge in [0.2, 0.25) is 5.91 Å². The molecule has 1 aromatic rings. The highest BCUT2D eigenvalue weighted by Crippen LogP contribution is 2.09.